The maximum atomic E-state index is 4.47. The van der Waals surface area contributed by atoms with Gasteiger partial charge in [-0.2, -0.15) is 5.21 Å². The highest BCUT2D eigenvalue weighted by Crippen LogP contribution is 2.18. The molecule has 3 rings (SSSR count). The van der Waals surface area contributed by atoms with Crippen LogP contribution in [0.1, 0.15) is 5.56 Å². The highest BCUT2D eigenvalue weighted by molar-refractivity contribution is 5.81. The number of aromatic nitrogens is 5. The number of fused-ring (bicyclic) bond motifs is 1. The molecule has 0 aliphatic heterocycles. The van der Waals surface area contributed by atoms with Gasteiger partial charge in [0.15, 0.2) is 0 Å². The number of aromatic amines is 1. The maximum absolute atomic E-state index is 4.47. The molecule has 1 aromatic carbocycles. The lowest BCUT2D eigenvalue weighted by Gasteiger charge is -2.00. The predicted octanol–water partition coefficient (Wildman–Crippen LogP) is 1.72. The Labute approximate surface area is 91.5 Å². The van der Waals surface area contributed by atoms with Gasteiger partial charge in [0.2, 0.25) is 5.82 Å². The summed E-state index contributed by atoms with van der Waals surface area (Å²) in [4.78, 5) is 4.47. The van der Waals surface area contributed by atoms with Gasteiger partial charge in [-0.25, -0.2) is 4.98 Å². The Kier molecular flexibility index (Phi) is 1.89. The zero-order chi connectivity index (χ0) is 11.0. The Hall–Kier alpha value is -2.30. The molecule has 5 nitrogen and oxygen atoms in total. The van der Waals surface area contributed by atoms with Crippen molar-refractivity contribution in [1.29, 1.82) is 0 Å². The summed E-state index contributed by atoms with van der Waals surface area (Å²) >= 11 is 0. The van der Waals surface area contributed by atoms with Gasteiger partial charge >= 0.3 is 0 Å². The Morgan fingerprint density at radius 1 is 1.12 bits per heavy atom. The van der Waals surface area contributed by atoms with Gasteiger partial charge in [0.05, 0.1) is 5.52 Å². The number of H-pyrrole nitrogens is 1. The summed E-state index contributed by atoms with van der Waals surface area (Å²) in [5.74, 6) is 0.516. The average Bonchev–Trinajstić information content (AvgIpc) is 2.82. The molecule has 78 valence electrons. The van der Waals surface area contributed by atoms with E-state index in [1.165, 1.54) is 5.56 Å². The van der Waals surface area contributed by atoms with Crippen LogP contribution in [-0.2, 0) is 0 Å². The number of aryl methyl sites for hydroxylation is 1. The molecule has 0 spiro atoms. The maximum Gasteiger partial charge on any atom is 0.222 e. The molecule has 0 radical (unpaired) electrons. The van der Waals surface area contributed by atoms with E-state index in [9.17, 15) is 0 Å². The van der Waals surface area contributed by atoms with Crippen molar-refractivity contribution < 1.29 is 0 Å². The fraction of sp³-hybridized carbons (Fsp3) is 0.0909. The van der Waals surface area contributed by atoms with E-state index in [1.54, 1.807) is 0 Å². The first-order valence-electron chi connectivity index (χ1n) is 4.94. The normalized spacial score (nSPS) is 10.8. The lowest BCUT2D eigenvalue weighted by molar-refractivity contribution is 0.881. The lowest BCUT2D eigenvalue weighted by Crippen LogP contribution is -1.87. The fourth-order valence-electron chi connectivity index (χ4n) is 1.64. The minimum atomic E-state index is 0.516. The van der Waals surface area contributed by atoms with E-state index in [0.29, 0.717) is 5.82 Å². The minimum absolute atomic E-state index is 0.516. The smallest absolute Gasteiger partial charge is 0.222 e. The van der Waals surface area contributed by atoms with E-state index in [2.05, 4.69) is 38.6 Å². The van der Waals surface area contributed by atoms with Crippen LogP contribution in [-0.4, -0.2) is 25.6 Å². The van der Waals surface area contributed by atoms with Crippen molar-refractivity contribution >= 4 is 10.9 Å². The number of rotatable bonds is 1. The van der Waals surface area contributed by atoms with Crippen LogP contribution in [0.3, 0.4) is 0 Å². The molecule has 16 heavy (non-hydrogen) atoms. The summed E-state index contributed by atoms with van der Waals surface area (Å²) in [6.45, 7) is 2.06. The number of pyridine rings is 1. The summed E-state index contributed by atoms with van der Waals surface area (Å²) in [7, 11) is 0. The van der Waals surface area contributed by atoms with Gasteiger partial charge < -0.3 is 0 Å². The number of hydrogen-bond donors (Lipinski definition) is 1. The fourth-order valence-corrected chi connectivity index (χ4v) is 1.64. The summed E-state index contributed by atoms with van der Waals surface area (Å²) in [6.07, 6.45) is 0. The lowest BCUT2D eigenvalue weighted by atomic mass is 10.1. The van der Waals surface area contributed by atoms with Gasteiger partial charge in [-0.1, -0.05) is 17.7 Å². The van der Waals surface area contributed by atoms with E-state index >= 15 is 0 Å². The quantitative estimate of drug-likeness (QED) is 0.665. The molecule has 0 atom stereocenters. The Morgan fingerprint density at radius 2 is 2.06 bits per heavy atom. The summed E-state index contributed by atoms with van der Waals surface area (Å²) in [5.41, 5.74) is 2.89. The highest BCUT2D eigenvalue weighted by Gasteiger charge is 2.05. The Balaban J connectivity index is 2.20. The molecule has 2 aromatic heterocycles. The number of nitrogens with one attached hydrogen (secondary N) is 1. The summed E-state index contributed by atoms with van der Waals surface area (Å²) < 4.78 is 0. The van der Waals surface area contributed by atoms with E-state index in [1.807, 2.05) is 24.3 Å². The molecule has 0 amide bonds. The molecular formula is C11H9N5. The van der Waals surface area contributed by atoms with Crippen molar-refractivity contribution in [2.75, 3.05) is 0 Å². The van der Waals surface area contributed by atoms with E-state index in [4.69, 9.17) is 0 Å². The van der Waals surface area contributed by atoms with Crippen molar-refractivity contribution in [3.05, 3.63) is 35.9 Å². The SMILES string of the molecule is Cc1ccc2nc(-c3nn[nH]n3)ccc2c1. The van der Waals surface area contributed by atoms with Gasteiger partial charge in [-0.05, 0) is 30.3 Å². The molecule has 0 saturated heterocycles. The molecule has 0 fully saturated rings. The third-order valence-electron chi connectivity index (χ3n) is 2.42. The average molecular weight is 211 g/mol. The third kappa shape index (κ3) is 1.42. The molecule has 0 bridgehead atoms. The zero-order valence-corrected chi connectivity index (χ0v) is 8.68. The van der Waals surface area contributed by atoms with Crippen LogP contribution in [0.25, 0.3) is 22.4 Å². The molecule has 3 aromatic rings. The number of tetrazole rings is 1. The van der Waals surface area contributed by atoms with Crippen LogP contribution in [0.4, 0.5) is 0 Å². The van der Waals surface area contributed by atoms with Crippen LogP contribution in [0.5, 0.6) is 0 Å². The van der Waals surface area contributed by atoms with Crippen LogP contribution in [0, 0.1) is 6.92 Å². The second-order valence-corrected chi connectivity index (χ2v) is 3.63. The topological polar surface area (TPSA) is 67.3 Å². The van der Waals surface area contributed by atoms with Gasteiger partial charge in [0.25, 0.3) is 0 Å². The highest BCUT2D eigenvalue weighted by atomic mass is 15.5. The van der Waals surface area contributed by atoms with Crippen LogP contribution in [0.15, 0.2) is 30.3 Å². The molecule has 0 saturated carbocycles. The zero-order valence-electron chi connectivity index (χ0n) is 8.68. The monoisotopic (exact) mass is 211 g/mol. The van der Waals surface area contributed by atoms with Crippen molar-refractivity contribution in [3.8, 4) is 11.5 Å². The first-order chi connectivity index (χ1) is 7.83. The summed E-state index contributed by atoms with van der Waals surface area (Å²) in [6, 6.07) is 10.0. The van der Waals surface area contributed by atoms with Crippen LogP contribution in [0.2, 0.25) is 0 Å². The first-order valence-corrected chi connectivity index (χ1v) is 4.94. The van der Waals surface area contributed by atoms with Gasteiger partial charge in [0, 0.05) is 5.39 Å². The largest absolute Gasteiger partial charge is 0.244 e. The first kappa shape index (κ1) is 8.96. The second-order valence-electron chi connectivity index (χ2n) is 3.63. The second kappa shape index (κ2) is 3.37. The van der Waals surface area contributed by atoms with Gasteiger partial charge in [0.1, 0.15) is 5.69 Å². The van der Waals surface area contributed by atoms with E-state index in [0.717, 1.165) is 16.6 Å². The predicted molar refractivity (Wildman–Crippen MR) is 59.7 cm³/mol. The number of hydrogen-bond acceptors (Lipinski definition) is 4. The van der Waals surface area contributed by atoms with Crippen molar-refractivity contribution in [2.24, 2.45) is 0 Å². The van der Waals surface area contributed by atoms with Crippen LogP contribution >= 0.6 is 0 Å². The van der Waals surface area contributed by atoms with Crippen LogP contribution < -0.4 is 0 Å². The number of benzene rings is 1. The minimum Gasteiger partial charge on any atom is -0.244 e. The van der Waals surface area contributed by atoms with Gasteiger partial charge in [-0.15, -0.1) is 10.2 Å². The standard InChI is InChI=1S/C11H9N5/c1-7-2-4-9-8(6-7)3-5-10(12-9)11-13-15-16-14-11/h2-6H,1H3,(H,13,14,15,16). The number of nitrogens with zero attached hydrogens (tertiary/aromatic N) is 4. The molecule has 2 heterocycles. The van der Waals surface area contributed by atoms with Crippen molar-refractivity contribution in [1.82, 2.24) is 25.6 Å². The molecule has 0 unspecified atom stereocenters. The molecule has 0 aliphatic rings. The summed E-state index contributed by atoms with van der Waals surface area (Å²) in [5, 5.41) is 14.9. The van der Waals surface area contributed by atoms with E-state index in [-0.39, 0.29) is 0 Å². The molecule has 1 N–H and O–H groups in total. The van der Waals surface area contributed by atoms with Crippen molar-refractivity contribution in [2.45, 2.75) is 6.92 Å². The third-order valence-corrected chi connectivity index (χ3v) is 2.42. The molecule has 0 aliphatic carbocycles. The molecule has 5 heteroatoms. The van der Waals surface area contributed by atoms with E-state index < -0.39 is 0 Å². The Bertz CT molecular complexity index is 630. The molecular weight excluding hydrogens is 202 g/mol. The van der Waals surface area contributed by atoms with Crippen molar-refractivity contribution in [3.63, 3.8) is 0 Å². The van der Waals surface area contributed by atoms with Gasteiger partial charge in [-0.3, -0.25) is 0 Å². The Morgan fingerprint density at radius 3 is 2.88 bits per heavy atom.